The lowest BCUT2D eigenvalue weighted by Crippen LogP contribution is -2.18. The number of fused-ring (bicyclic) bond motifs is 3. The molecule has 1 aliphatic heterocycles. The van der Waals surface area contributed by atoms with E-state index in [-0.39, 0.29) is 0 Å². The fourth-order valence-corrected chi connectivity index (χ4v) is 4.00. The predicted molar refractivity (Wildman–Crippen MR) is 115 cm³/mol. The van der Waals surface area contributed by atoms with E-state index in [9.17, 15) is 0 Å². The van der Waals surface area contributed by atoms with Crippen molar-refractivity contribution in [2.75, 3.05) is 17.7 Å². The molecule has 0 saturated carbocycles. The maximum atomic E-state index is 6.34. The maximum Gasteiger partial charge on any atom is 0.247 e. The molecule has 1 N–H and O–H groups in total. The molecule has 0 spiro atoms. The van der Waals surface area contributed by atoms with E-state index in [0.29, 0.717) is 23.3 Å². The molecule has 29 heavy (non-hydrogen) atoms. The number of nitrogens with one attached hydrogen (secondary N) is 1. The van der Waals surface area contributed by atoms with Crippen molar-refractivity contribution in [2.45, 2.75) is 38.1 Å². The first-order valence-corrected chi connectivity index (χ1v) is 10.9. The van der Waals surface area contributed by atoms with Gasteiger partial charge in [-0.05, 0) is 31.5 Å². The van der Waals surface area contributed by atoms with Crippen LogP contribution in [-0.4, -0.2) is 27.5 Å². The first kappa shape index (κ1) is 19.5. The summed E-state index contributed by atoms with van der Waals surface area (Å²) in [5.74, 6) is 2.23. The number of unbranched alkanes of at least 4 members (excludes halogenated alkanes) is 1. The molecule has 0 aliphatic carbocycles. The molecule has 0 fully saturated rings. The van der Waals surface area contributed by atoms with Crippen LogP contribution >= 0.6 is 11.8 Å². The lowest BCUT2D eigenvalue weighted by atomic mass is 10.1. The summed E-state index contributed by atoms with van der Waals surface area (Å²) in [4.78, 5) is 4.68. The summed E-state index contributed by atoms with van der Waals surface area (Å²) in [5.41, 5.74) is 3.40. The van der Waals surface area contributed by atoms with Crippen molar-refractivity contribution in [1.82, 2.24) is 15.2 Å². The van der Waals surface area contributed by atoms with Gasteiger partial charge in [-0.1, -0.05) is 55.4 Å². The number of hydrogen-bond acceptors (Lipinski definition) is 7. The summed E-state index contributed by atoms with van der Waals surface area (Å²) in [6.07, 6.45) is 1.79. The minimum absolute atomic E-state index is 0.453. The van der Waals surface area contributed by atoms with Crippen molar-refractivity contribution < 1.29 is 9.47 Å². The molecule has 4 rings (SSSR count). The van der Waals surface area contributed by atoms with Crippen LogP contribution in [0.25, 0.3) is 11.3 Å². The van der Waals surface area contributed by atoms with E-state index in [1.165, 1.54) is 0 Å². The SMILES string of the molecule is CCCCSc1nnc2c(n1)O[C@H](c1ccccc1OCC)Nc1ccccc1-2. The average molecular weight is 409 g/mol. The van der Waals surface area contributed by atoms with Gasteiger partial charge < -0.3 is 14.8 Å². The van der Waals surface area contributed by atoms with Crippen LogP contribution < -0.4 is 14.8 Å². The van der Waals surface area contributed by atoms with Crippen molar-refractivity contribution >= 4 is 17.4 Å². The summed E-state index contributed by atoms with van der Waals surface area (Å²) in [5, 5.41) is 12.9. The van der Waals surface area contributed by atoms with Crippen LogP contribution in [-0.2, 0) is 0 Å². The van der Waals surface area contributed by atoms with E-state index >= 15 is 0 Å². The molecular weight excluding hydrogens is 384 g/mol. The molecule has 0 radical (unpaired) electrons. The number of benzene rings is 2. The number of anilines is 1. The molecule has 0 saturated heterocycles. The smallest absolute Gasteiger partial charge is 0.247 e. The van der Waals surface area contributed by atoms with Gasteiger partial charge in [0, 0.05) is 17.0 Å². The van der Waals surface area contributed by atoms with Gasteiger partial charge in [0.25, 0.3) is 0 Å². The lowest BCUT2D eigenvalue weighted by Gasteiger charge is -2.21. The minimum Gasteiger partial charge on any atom is -0.493 e. The molecule has 150 valence electrons. The van der Waals surface area contributed by atoms with Crippen LogP contribution in [0.3, 0.4) is 0 Å². The number of nitrogens with zero attached hydrogens (tertiary/aromatic N) is 3. The molecular formula is C22H24N4O2S. The molecule has 3 aromatic rings. The van der Waals surface area contributed by atoms with E-state index < -0.39 is 6.23 Å². The Labute approximate surface area is 175 Å². The second kappa shape index (κ2) is 9.13. The molecule has 7 heteroatoms. The van der Waals surface area contributed by atoms with Gasteiger partial charge >= 0.3 is 0 Å². The highest BCUT2D eigenvalue weighted by atomic mass is 32.2. The Bertz CT molecular complexity index is 983. The summed E-state index contributed by atoms with van der Waals surface area (Å²) in [6, 6.07) is 15.9. The van der Waals surface area contributed by atoms with Crippen LogP contribution in [0.5, 0.6) is 11.6 Å². The Morgan fingerprint density at radius 3 is 2.76 bits per heavy atom. The number of rotatable bonds is 7. The normalized spacial score (nSPS) is 14.8. The van der Waals surface area contributed by atoms with Gasteiger partial charge in [-0.25, -0.2) is 0 Å². The second-order valence-electron chi connectivity index (χ2n) is 6.61. The van der Waals surface area contributed by atoms with Crippen LogP contribution in [0, 0.1) is 0 Å². The molecule has 1 aromatic heterocycles. The third-order valence-corrected chi connectivity index (χ3v) is 5.49. The van der Waals surface area contributed by atoms with Gasteiger partial charge in [0.15, 0.2) is 5.69 Å². The Morgan fingerprint density at radius 2 is 1.90 bits per heavy atom. The molecule has 1 atom stereocenters. The summed E-state index contributed by atoms with van der Waals surface area (Å²) >= 11 is 1.60. The summed E-state index contributed by atoms with van der Waals surface area (Å²) < 4.78 is 12.2. The summed E-state index contributed by atoms with van der Waals surface area (Å²) in [7, 11) is 0. The van der Waals surface area contributed by atoms with Gasteiger partial charge in [-0.15, -0.1) is 10.2 Å². The van der Waals surface area contributed by atoms with Gasteiger partial charge in [-0.3, -0.25) is 0 Å². The zero-order chi connectivity index (χ0) is 20.1. The van der Waals surface area contributed by atoms with Crippen molar-refractivity contribution in [3.8, 4) is 22.9 Å². The van der Waals surface area contributed by atoms with Gasteiger partial charge in [0.05, 0.1) is 12.2 Å². The minimum atomic E-state index is -0.453. The van der Waals surface area contributed by atoms with E-state index in [2.05, 4.69) is 27.4 Å². The van der Waals surface area contributed by atoms with Crippen molar-refractivity contribution in [3.63, 3.8) is 0 Å². The molecule has 0 unspecified atom stereocenters. The van der Waals surface area contributed by atoms with Gasteiger partial charge in [0.2, 0.25) is 17.3 Å². The first-order chi connectivity index (χ1) is 14.3. The van der Waals surface area contributed by atoms with Crippen LogP contribution in [0.4, 0.5) is 5.69 Å². The van der Waals surface area contributed by atoms with E-state index in [0.717, 1.165) is 41.2 Å². The van der Waals surface area contributed by atoms with Crippen molar-refractivity contribution in [1.29, 1.82) is 0 Å². The molecule has 0 bridgehead atoms. The van der Waals surface area contributed by atoms with E-state index in [4.69, 9.17) is 9.47 Å². The van der Waals surface area contributed by atoms with Crippen molar-refractivity contribution in [3.05, 3.63) is 54.1 Å². The standard InChI is InChI=1S/C22H24N4O2S/c1-3-5-14-29-22-24-21-19(25-26-22)15-10-6-8-12-17(15)23-20(28-21)16-11-7-9-13-18(16)27-4-2/h6-13,20,23H,3-5,14H2,1-2H3/t20-/m1/s1. The number of thioether (sulfide) groups is 1. The number of aromatic nitrogens is 3. The van der Waals surface area contributed by atoms with Crippen LogP contribution in [0.15, 0.2) is 53.7 Å². The Morgan fingerprint density at radius 1 is 1.07 bits per heavy atom. The number of ether oxygens (including phenoxy) is 2. The molecule has 2 heterocycles. The molecule has 2 aromatic carbocycles. The quantitative estimate of drug-likeness (QED) is 0.418. The van der Waals surface area contributed by atoms with Crippen LogP contribution in [0.2, 0.25) is 0 Å². The predicted octanol–water partition coefficient (Wildman–Crippen LogP) is 5.33. The van der Waals surface area contributed by atoms with E-state index in [1.807, 2.05) is 55.5 Å². The van der Waals surface area contributed by atoms with E-state index in [1.54, 1.807) is 11.8 Å². The number of para-hydroxylation sites is 2. The third-order valence-electron chi connectivity index (χ3n) is 4.56. The van der Waals surface area contributed by atoms with Crippen molar-refractivity contribution in [2.24, 2.45) is 0 Å². The lowest BCUT2D eigenvalue weighted by molar-refractivity contribution is 0.217. The average Bonchev–Trinajstić information content (AvgIpc) is 2.91. The highest BCUT2D eigenvalue weighted by Gasteiger charge is 2.27. The van der Waals surface area contributed by atoms with Crippen LogP contribution in [0.1, 0.15) is 38.5 Å². The maximum absolute atomic E-state index is 6.34. The molecule has 1 aliphatic rings. The highest BCUT2D eigenvalue weighted by molar-refractivity contribution is 7.99. The largest absolute Gasteiger partial charge is 0.493 e. The zero-order valence-electron chi connectivity index (χ0n) is 16.6. The second-order valence-corrected chi connectivity index (χ2v) is 7.67. The Balaban J connectivity index is 1.75. The number of hydrogen-bond donors (Lipinski definition) is 1. The fourth-order valence-electron chi connectivity index (χ4n) is 3.14. The van der Waals surface area contributed by atoms with Gasteiger partial charge in [0.1, 0.15) is 5.75 Å². The Hall–Kier alpha value is -2.80. The molecule has 0 amide bonds. The first-order valence-electron chi connectivity index (χ1n) is 9.92. The molecule has 6 nitrogen and oxygen atoms in total. The third kappa shape index (κ3) is 4.29. The zero-order valence-corrected chi connectivity index (χ0v) is 17.4. The Kier molecular flexibility index (Phi) is 6.14. The topological polar surface area (TPSA) is 69.2 Å². The summed E-state index contributed by atoms with van der Waals surface area (Å²) in [6.45, 7) is 4.72. The highest BCUT2D eigenvalue weighted by Crippen LogP contribution is 2.41. The fraction of sp³-hybridized carbons (Fsp3) is 0.318. The monoisotopic (exact) mass is 408 g/mol. The van der Waals surface area contributed by atoms with Gasteiger partial charge in [-0.2, -0.15) is 4.98 Å².